The maximum atomic E-state index is 4.01. The Morgan fingerprint density at radius 3 is 2.00 bits per heavy atom. The molecule has 0 saturated heterocycles. The van der Waals surface area contributed by atoms with E-state index in [-0.39, 0.29) is 0 Å². The third-order valence-corrected chi connectivity index (χ3v) is 2.20. The van der Waals surface area contributed by atoms with Gasteiger partial charge in [0.15, 0.2) is 0 Å². The van der Waals surface area contributed by atoms with Gasteiger partial charge in [0.1, 0.15) is 0 Å². The lowest BCUT2D eigenvalue weighted by atomic mass is 9.98. The van der Waals surface area contributed by atoms with Gasteiger partial charge in [0.25, 0.3) is 0 Å². The van der Waals surface area contributed by atoms with Gasteiger partial charge in [0.2, 0.25) is 0 Å². The molecule has 0 amide bonds. The monoisotopic (exact) mass is 207 g/mol. The molecule has 1 atom stereocenters. The van der Waals surface area contributed by atoms with Crippen LogP contribution in [-0.4, -0.2) is 6.04 Å². The minimum Gasteiger partial charge on any atom is -0.382 e. The Hall–Kier alpha value is -0.980. The number of allylic oxidation sites excluding steroid dienone is 1. The first-order valence-electron chi connectivity index (χ1n) is 5.57. The van der Waals surface area contributed by atoms with Crippen LogP contribution in [0.25, 0.3) is 0 Å². The largest absolute Gasteiger partial charge is 0.382 e. The summed E-state index contributed by atoms with van der Waals surface area (Å²) in [7, 11) is 0. The molecular weight excluding hydrogens is 182 g/mol. The van der Waals surface area contributed by atoms with Crippen LogP contribution >= 0.6 is 0 Å². The Labute approximate surface area is 95.0 Å². The molecule has 1 N–H and O–H groups in total. The van der Waals surface area contributed by atoms with Crippen LogP contribution in [0.4, 0.5) is 0 Å². The summed E-state index contributed by atoms with van der Waals surface area (Å²) in [5, 5.41) is 3.42. The maximum absolute atomic E-state index is 4.01. The summed E-state index contributed by atoms with van der Waals surface area (Å²) >= 11 is 0. The zero-order chi connectivity index (χ0) is 12.0. The summed E-state index contributed by atoms with van der Waals surface area (Å²) in [6.07, 6.45) is 1.95. The van der Waals surface area contributed by atoms with Crippen molar-refractivity contribution in [1.29, 1.82) is 0 Å². The van der Waals surface area contributed by atoms with Crippen LogP contribution in [0.1, 0.15) is 40.5 Å². The van der Waals surface area contributed by atoms with E-state index in [4.69, 9.17) is 0 Å². The van der Waals surface area contributed by atoms with Gasteiger partial charge in [-0.2, -0.15) is 0 Å². The van der Waals surface area contributed by atoms with Gasteiger partial charge in [-0.15, -0.1) is 0 Å². The van der Waals surface area contributed by atoms with Gasteiger partial charge in [-0.05, 0) is 26.2 Å². The molecule has 1 unspecified atom stereocenters. The highest BCUT2D eigenvalue weighted by Crippen LogP contribution is 2.14. The van der Waals surface area contributed by atoms with Crippen LogP contribution in [0.15, 0.2) is 36.6 Å². The van der Waals surface area contributed by atoms with E-state index in [9.17, 15) is 0 Å². The predicted molar refractivity (Wildman–Crippen MR) is 69.8 cm³/mol. The van der Waals surface area contributed by atoms with Crippen molar-refractivity contribution in [3.8, 4) is 0 Å². The van der Waals surface area contributed by atoms with Crippen molar-refractivity contribution in [2.75, 3.05) is 0 Å². The van der Waals surface area contributed by atoms with Crippen LogP contribution in [0.2, 0.25) is 0 Å². The fourth-order valence-corrected chi connectivity index (χ4v) is 1.52. The summed E-state index contributed by atoms with van der Waals surface area (Å²) in [5.41, 5.74) is 3.35. The lowest BCUT2D eigenvalue weighted by molar-refractivity contribution is 0.484. The maximum Gasteiger partial charge on any atom is 0.0467 e. The van der Waals surface area contributed by atoms with Gasteiger partial charge in [-0.25, -0.2) is 0 Å². The molecule has 15 heavy (non-hydrogen) atoms. The standard InChI is InChI=1S/C14H25N/c1-10(2)8-13(7)15-14(12(5)6)9-11(3)4/h11,14-15H,1,5,7-9H2,2-4,6H3. The molecule has 0 aromatic carbocycles. The first-order valence-corrected chi connectivity index (χ1v) is 5.57. The van der Waals surface area contributed by atoms with Gasteiger partial charge in [0, 0.05) is 18.2 Å². The van der Waals surface area contributed by atoms with Gasteiger partial charge < -0.3 is 5.32 Å². The SMILES string of the molecule is C=C(C)CC(=C)NC(CC(C)C)C(=C)C. The smallest absolute Gasteiger partial charge is 0.0467 e. The normalized spacial score (nSPS) is 12.3. The topological polar surface area (TPSA) is 12.0 Å². The highest BCUT2D eigenvalue weighted by atomic mass is 14.9. The zero-order valence-corrected chi connectivity index (χ0v) is 10.7. The van der Waals surface area contributed by atoms with Crippen molar-refractivity contribution in [3.05, 3.63) is 36.6 Å². The van der Waals surface area contributed by atoms with Crippen LogP contribution in [-0.2, 0) is 0 Å². The molecule has 1 nitrogen and oxygen atoms in total. The number of hydrogen-bond donors (Lipinski definition) is 1. The average molecular weight is 207 g/mol. The highest BCUT2D eigenvalue weighted by Gasteiger charge is 2.11. The molecular formula is C14H25N. The second kappa shape index (κ2) is 6.49. The minimum absolute atomic E-state index is 0.344. The molecule has 0 aromatic heterocycles. The molecule has 0 radical (unpaired) electrons. The summed E-state index contributed by atoms with van der Waals surface area (Å²) in [6.45, 7) is 20.4. The van der Waals surface area contributed by atoms with Gasteiger partial charge in [-0.3, -0.25) is 0 Å². The van der Waals surface area contributed by atoms with Crippen LogP contribution in [0.5, 0.6) is 0 Å². The molecule has 0 aliphatic rings. The van der Waals surface area contributed by atoms with E-state index in [1.165, 1.54) is 5.57 Å². The van der Waals surface area contributed by atoms with E-state index < -0.39 is 0 Å². The van der Waals surface area contributed by atoms with Gasteiger partial charge >= 0.3 is 0 Å². The average Bonchev–Trinajstić information content (AvgIpc) is 1.99. The molecule has 86 valence electrons. The quantitative estimate of drug-likeness (QED) is 0.621. The van der Waals surface area contributed by atoms with Crippen LogP contribution in [0, 0.1) is 5.92 Å². The van der Waals surface area contributed by atoms with E-state index in [0.29, 0.717) is 12.0 Å². The fourth-order valence-electron chi connectivity index (χ4n) is 1.52. The second-order valence-electron chi connectivity index (χ2n) is 4.91. The summed E-state index contributed by atoms with van der Waals surface area (Å²) in [6, 6.07) is 0.344. The van der Waals surface area contributed by atoms with Crippen molar-refractivity contribution in [3.63, 3.8) is 0 Å². The third kappa shape index (κ3) is 7.01. The van der Waals surface area contributed by atoms with Crippen LogP contribution < -0.4 is 5.32 Å². The van der Waals surface area contributed by atoms with E-state index in [0.717, 1.165) is 24.1 Å². The van der Waals surface area contributed by atoms with E-state index in [1.54, 1.807) is 0 Å². The molecule has 0 fully saturated rings. The van der Waals surface area contributed by atoms with Crippen molar-refractivity contribution >= 4 is 0 Å². The van der Waals surface area contributed by atoms with Gasteiger partial charge in [-0.1, -0.05) is 44.7 Å². The van der Waals surface area contributed by atoms with E-state index >= 15 is 0 Å². The van der Waals surface area contributed by atoms with Crippen molar-refractivity contribution < 1.29 is 0 Å². The summed E-state index contributed by atoms with van der Waals surface area (Å²) in [4.78, 5) is 0. The summed E-state index contributed by atoms with van der Waals surface area (Å²) < 4.78 is 0. The number of hydrogen-bond acceptors (Lipinski definition) is 1. The molecule has 1 heteroatoms. The molecule has 0 heterocycles. The molecule has 0 aliphatic carbocycles. The van der Waals surface area contributed by atoms with E-state index in [2.05, 4.69) is 45.8 Å². The molecule has 0 spiro atoms. The first-order chi connectivity index (χ1) is 6.82. The Kier molecular flexibility index (Phi) is 6.07. The minimum atomic E-state index is 0.344. The molecule has 0 aromatic rings. The molecule has 0 aliphatic heterocycles. The third-order valence-electron chi connectivity index (χ3n) is 2.20. The summed E-state index contributed by atoms with van der Waals surface area (Å²) in [5.74, 6) is 0.664. The lowest BCUT2D eigenvalue weighted by Crippen LogP contribution is -2.30. The Morgan fingerprint density at radius 1 is 1.13 bits per heavy atom. The lowest BCUT2D eigenvalue weighted by Gasteiger charge is -2.23. The Morgan fingerprint density at radius 2 is 1.67 bits per heavy atom. The van der Waals surface area contributed by atoms with Crippen LogP contribution in [0.3, 0.4) is 0 Å². The Bertz CT molecular complexity index is 248. The van der Waals surface area contributed by atoms with Crippen molar-refractivity contribution in [2.45, 2.75) is 46.6 Å². The number of rotatable bonds is 7. The highest BCUT2D eigenvalue weighted by molar-refractivity contribution is 5.11. The second-order valence-corrected chi connectivity index (χ2v) is 4.91. The first kappa shape index (κ1) is 14.0. The predicted octanol–water partition coefficient (Wildman–Crippen LogP) is 4.05. The van der Waals surface area contributed by atoms with Crippen molar-refractivity contribution in [2.24, 2.45) is 5.92 Å². The Balaban J connectivity index is 4.22. The van der Waals surface area contributed by atoms with Crippen molar-refractivity contribution in [1.82, 2.24) is 5.32 Å². The molecule has 0 rings (SSSR count). The molecule has 0 saturated carbocycles. The fraction of sp³-hybridized carbons (Fsp3) is 0.571. The number of nitrogens with one attached hydrogen (secondary N) is 1. The molecule has 0 bridgehead atoms. The van der Waals surface area contributed by atoms with Gasteiger partial charge in [0.05, 0.1) is 0 Å². The van der Waals surface area contributed by atoms with E-state index in [1.807, 2.05) is 6.92 Å². The zero-order valence-electron chi connectivity index (χ0n) is 10.7.